The van der Waals surface area contributed by atoms with E-state index >= 15 is 0 Å². The maximum Gasteiger partial charge on any atom is 0.254 e. The molecule has 4 nitrogen and oxygen atoms in total. The highest BCUT2D eigenvalue weighted by Crippen LogP contribution is 2.23. The lowest BCUT2D eigenvalue weighted by Gasteiger charge is -2.28. The van der Waals surface area contributed by atoms with E-state index in [-0.39, 0.29) is 11.9 Å². The lowest BCUT2D eigenvalue weighted by atomic mass is 9.92. The average Bonchev–Trinajstić information content (AvgIpc) is 2.77. The van der Waals surface area contributed by atoms with Crippen LogP contribution in [0.4, 0.5) is 0 Å². The van der Waals surface area contributed by atoms with Gasteiger partial charge < -0.3 is 15.4 Å². The van der Waals surface area contributed by atoms with Gasteiger partial charge in [-0.1, -0.05) is 31.0 Å². The molecule has 2 aromatic rings. The van der Waals surface area contributed by atoms with Gasteiger partial charge in [0, 0.05) is 16.6 Å². The maximum absolute atomic E-state index is 12.5. The van der Waals surface area contributed by atoms with Gasteiger partial charge in [0.05, 0.1) is 17.7 Å². The fraction of sp³-hybridized carbons (Fsp3) is 0.438. The molecule has 0 saturated heterocycles. The monoisotopic (exact) mass is 272 g/mol. The molecule has 1 aliphatic carbocycles. The van der Waals surface area contributed by atoms with Crippen LogP contribution in [0.1, 0.15) is 41.7 Å². The van der Waals surface area contributed by atoms with Crippen LogP contribution in [-0.2, 0) is 0 Å². The topological polar surface area (TPSA) is 65.1 Å². The van der Waals surface area contributed by atoms with E-state index in [4.69, 9.17) is 0 Å². The van der Waals surface area contributed by atoms with Gasteiger partial charge in [0.1, 0.15) is 0 Å². The zero-order valence-corrected chi connectivity index (χ0v) is 11.6. The Labute approximate surface area is 118 Å². The molecule has 1 saturated carbocycles. The van der Waals surface area contributed by atoms with Gasteiger partial charge in [-0.05, 0) is 25.8 Å². The molecule has 20 heavy (non-hydrogen) atoms. The predicted octanol–water partition coefficient (Wildman–Crippen LogP) is 2.51. The number of aryl methyl sites for hydroxylation is 1. The summed E-state index contributed by atoms with van der Waals surface area (Å²) in [5, 5.41) is 13.9. The van der Waals surface area contributed by atoms with Gasteiger partial charge in [0.25, 0.3) is 5.91 Å². The molecule has 2 atom stereocenters. The molecule has 1 amide bonds. The van der Waals surface area contributed by atoms with Crippen molar-refractivity contribution < 1.29 is 9.90 Å². The summed E-state index contributed by atoms with van der Waals surface area (Å²) in [7, 11) is 0. The molecule has 0 radical (unpaired) electrons. The van der Waals surface area contributed by atoms with Crippen LogP contribution in [0.25, 0.3) is 10.9 Å². The number of aliphatic hydroxyl groups excluding tert-OH is 1. The highest BCUT2D eigenvalue weighted by molar-refractivity contribution is 6.08. The van der Waals surface area contributed by atoms with Crippen molar-refractivity contribution in [2.45, 2.75) is 44.8 Å². The largest absolute Gasteiger partial charge is 0.391 e. The summed E-state index contributed by atoms with van der Waals surface area (Å²) in [4.78, 5) is 15.7. The number of aliphatic hydroxyl groups is 1. The Morgan fingerprint density at radius 1 is 1.30 bits per heavy atom. The van der Waals surface area contributed by atoms with Crippen molar-refractivity contribution in [1.82, 2.24) is 10.3 Å². The fourth-order valence-corrected chi connectivity index (χ4v) is 3.09. The van der Waals surface area contributed by atoms with Crippen LogP contribution in [0.3, 0.4) is 0 Å². The predicted molar refractivity (Wildman–Crippen MR) is 78.8 cm³/mol. The standard InChI is InChI=1S/C16H20N2O2/c1-10-15(11-6-2-3-7-12(11)17-10)16(20)18-13-8-4-5-9-14(13)19/h2-3,6-7,13-14,17,19H,4-5,8-9H2,1H3,(H,18,20)/t13-,14-/m1/s1. The van der Waals surface area contributed by atoms with E-state index in [1.54, 1.807) is 0 Å². The molecule has 1 aromatic carbocycles. The molecule has 1 heterocycles. The number of para-hydroxylation sites is 1. The number of amides is 1. The minimum Gasteiger partial charge on any atom is -0.391 e. The van der Waals surface area contributed by atoms with Crippen LogP contribution in [0.2, 0.25) is 0 Å². The van der Waals surface area contributed by atoms with Crippen molar-refractivity contribution in [2.24, 2.45) is 0 Å². The fourth-order valence-electron chi connectivity index (χ4n) is 3.09. The van der Waals surface area contributed by atoms with E-state index in [2.05, 4.69) is 10.3 Å². The molecule has 1 aromatic heterocycles. The van der Waals surface area contributed by atoms with E-state index in [0.29, 0.717) is 5.56 Å². The first kappa shape index (κ1) is 13.2. The highest BCUT2D eigenvalue weighted by atomic mass is 16.3. The quantitative estimate of drug-likeness (QED) is 0.786. The molecule has 0 spiro atoms. The number of nitrogens with one attached hydrogen (secondary N) is 2. The van der Waals surface area contributed by atoms with E-state index in [1.165, 1.54) is 0 Å². The van der Waals surface area contributed by atoms with Gasteiger partial charge in [0.15, 0.2) is 0 Å². The van der Waals surface area contributed by atoms with Gasteiger partial charge in [-0.3, -0.25) is 4.79 Å². The third kappa shape index (κ3) is 2.31. The van der Waals surface area contributed by atoms with Gasteiger partial charge >= 0.3 is 0 Å². The Balaban J connectivity index is 1.87. The van der Waals surface area contributed by atoms with Crippen molar-refractivity contribution in [2.75, 3.05) is 0 Å². The van der Waals surface area contributed by atoms with Crippen LogP contribution < -0.4 is 5.32 Å². The molecule has 4 heteroatoms. The molecule has 0 unspecified atom stereocenters. The Kier molecular flexibility index (Phi) is 3.49. The number of hydrogen-bond acceptors (Lipinski definition) is 2. The number of benzene rings is 1. The van der Waals surface area contributed by atoms with Crippen LogP contribution in [0.15, 0.2) is 24.3 Å². The SMILES string of the molecule is Cc1[nH]c2ccccc2c1C(=O)N[C@@H]1CCCC[C@H]1O. The highest BCUT2D eigenvalue weighted by Gasteiger charge is 2.26. The Morgan fingerprint density at radius 2 is 2.05 bits per heavy atom. The van der Waals surface area contributed by atoms with E-state index in [1.807, 2.05) is 31.2 Å². The number of fused-ring (bicyclic) bond motifs is 1. The first-order valence-corrected chi connectivity index (χ1v) is 7.23. The third-order valence-corrected chi connectivity index (χ3v) is 4.17. The van der Waals surface area contributed by atoms with E-state index in [9.17, 15) is 9.90 Å². The molecule has 1 aliphatic rings. The smallest absolute Gasteiger partial charge is 0.254 e. The molecule has 106 valence electrons. The summed E-state index contributed by atoms with van der Waals surface area (Å²) in [5.41, 5.74) is 2.53. The number of aromatic amines is 1. The van der Waals surface area contributed by atoms with E-state index < -0.39 is 6.10 Å². The Morgan fingerprint density at radius 3 is 2.85 bits per heavy atom. The summed E-state index contributed by atoms with van der Waals surface area (Å²) in [5.74, 6) is -0.0918. The Hall–Kier alpha value is -1.81. The molecule has 1 fully saturated rings. The number of hydrogen-bond donors (Lipinski definition) is 3. The number of carbonyl (C=O) groups is 1. The van der Waals surface area contributed by atoms with Crippen molar-refractivity contribution in [3.63, 3.8) is 0 Å². The number of carbonyl (C=O) groups excluding carboxylic acids is 1. The summed E-state index contributed by atoms with van der Waals surface area (Å²) in [6.07, 6.45) is 3.32. The average molecular weight is 272 g/mol. The van der Waals surface area contributed by atoms with Gasteiger partial charge in [-0.15, -0.1) is 0 Å². The number of H-pyrrole nitrogens is 1. The minimum atomic E-state index is -0.418. The number of rotatable bonds is 2. The minimum absolute atomic E-state index is 0.0918. The number of aromatic nitrogens is 1. The Bertz CT molecular complexity index is 632. The zero-order valence-electron chi connectivity index (χ0n) is 11.6. The normalized spacial score (nSPS) is 22.9. The zero-order chi connectivity index (χ0) is 14.1. The first-order valence-electron chi connectivity index (χ1n) is 7.23. The van der Waals surface area contributed by atoms with Crippen LogP contribution >= 0.6 is 0 Å². The van der Waals surface area contributed by atoms with E-state index in [0.717, 1.165) is 42.3 Å². The van der Waals surface area contributed by atoms with Crippen LogP contribution in [0.5, 0.6) is 0 Å². The second-order valence-electron chi connectivity index (χ2n) is 5.60. The van der Waals surface area contributed by atoms with Gasteiger partial charge in [-0.25, -0.2) is 0 Å². The van der Waals surface area contributed by atoms with Crippen molar-refractivity contribution in [3.05, 3.63) is 35.5 Å². The van der Waals surface area contributed by atoms with Gasteiger partial charge in [0.2, 0.25) is 0 Å². The lowest BCUT2D eigenvalue weighted by molar-refractivity contribution is 0.0718. The molecule has 3 rings (SSSR count). The van der Waals surface area contributed by atoms with Crippen LogP contribution in [-0.4, -0.2) is 28.1 Å². The summed E-state index contributed by atoms with van der Waals surface area (Å²) in [6, 6.07) is 7.68. The first-order chi connectivity index (χ1) is 9.66. The maximum atomic E-state index is 12.5. The molecule has 0 aliphatic heterocycles. The van der Waals surface area contributed by atoms with Crippen molar-refractivity contribution >= 4 is 16.8 Å². The van der Waals surface area contributed by atoms with Crippen molar-refractivity contribution in [1.29, 1.82) is 0 Å². The third-order valence-electron chi connectivity index (χ3n) is 4.17. The molecular weight excluding hydrogens is 252 g/mol. The lowest BCUT2D eigenvalue weighted by Crippen LogP contribution is -2.45. The summed E-state index contributed by atoms with van der Waals surface area (Å²) in [6.45, 7) is 1.91. The molecule has 0 bridgehead atoms. The van der Waals surface area contributed by atoms with Gasteiger partial charge in [-0.2, -0.15) is 0 Å². The second kappa shape index (κ2) is 5.29. The molecule has 3 N–H and O–H groups in total. The molecular formula is C16H20N2O2. The second-order valence-corrected chi connectivity index (χ2v) is 5.60. The van der Waals surface area contributed by atoms with Crippen LogP contribution in [0, 0.1) is 6.92 Å². The summed E-state index contributed by atoms with van der Waals surface area (Å²) >= 11 is 0. The van der Waals surface area contributed by atoms with Crippen molar-refractivity contribution in [3.8, 4) is 0 Å². The summed E-state index contributed by atoms with van der Waals surface area (Å²) < 4.78 is 0.